The Morgan fingerprint density at radius 1 is 1.20 bits per heavy atom. The van der Waals surface area contributed by atoms with Crippen molar-refractivity contribution in [2.75, 3.05) is 13.1 Å². The van der Waals surface area contributed by atoms with Gasteiger partial charge in [0.2, 0.25) is 0 Å². The number of nitrogens with zero attached hydrogens (tertiary/aromatic N) is 4. The van der Waals surface area contributed by atoms with E-state index in [0.717, 1.165) is 37.0 Å². The Balaban J connectivity index is 1.64. The second-order valence-electron chi connectivity index (χ2n) is 5.66. The number of piperidine rings is 1. The minimum atomic E-state index is 0.517. The van der Waals surface area contributed by atoms with E-state index in [1.54, 1.807) is 0 Å². The van der Waals surface area contributed by atoms with Gasteiger partial charge in [0.05, 0.1) is 0 Å². The zero-order valence-electron chi connectivity index (χ0n) is 12.1. The summed E-state index contributed by atoms with van der Waals surface area (Å²) in [5.74, 6) is 2.48. The lowest BCUT2D eigenvalue weighted by atomic mass is 9.97. The van der Waals surface area contributed by atoms with E-state index in [-0.39, 0.29) is 0 Å². The Labute approximate surface area is 119 Å². The minimum absolute atomic E-state index is 0.517. The van der Waals surface area contributed by atoms with Crippen LogP contribution in [-0.4, -0.2) is 37.9 Å². The second kappa shape index (κ2) is 5.71. The second-order valence-corrected chi connectivity index (χ2v) is 5.66. The highest BCUT2D eigenvalue weighted by Crippen LogP contribution is 2.25. The number of hydrogen-bond donors (Lipinski definition) is 1. The van der Waals surface area contributed by atoms with Gasteiger partial charge >= 0.3 is 0 Å². The topological polar surface area (TPSA) is 57.7 Å². The summed E-state index contributed by atoms with van der Waals surface area (Å²) in [6.07, 6.45) is 8.22. The van der Waals surface area contributed by atoms with E-state index < -0.39 is 0 Å². The van der Waals surface area contributed by atoms with Crippen molar-refractivity contribution in [2.24, 2.45) is 0 Å². The lowest BCUT2D eigenvalue weighted by Gasteiger charge is -2.31. The molecule has 1 aliphatic heterocycles. The molecule has 0 spiro atoms. The van der Waals surface area contributed by atoms with Crippen LogP contribution in [0.2, 0.25) is 0 Å². The summed E-state index contributed by atoms with van der Waals surface area (Å²) in [5.41, 5.74) is 2.33. The molecule has 0 radical (unpaired) electrons. The van der Waals surface area contributed by atoms with E-state index >= 15 is 0 Å². The summed E-state index contributed by atoms with van der Waals surface area (Å²) in [7, 11) is 0. The molecule has 2 aromatic heterocycles. The maximum atomic E-state index is 4.49. The highest BCUT2D eigenvalue weighted by atomic mass is 15.1. The number of aryl methyl sites for hydroxylation is 2. The van der Waals surface area contributed by atoms with Gasteiger partial charge in [-0.25, -0.2) is 15.0 Å². The van der Waals surface area contributed by atoms with Crippen LogP contribution in [-0.2, 0) is 6.54 Å². The molecule has 20 heavy (non-hydrogen) atoms. The van der Waals surface area contributed by atoms with Crippen LogP contribution >= 0.6 is 0 Å². The van der Waals surface area contributed by atoms with Crippen LogP contribution in [0.4, 0.5) is 0 Å². The molecule has 5 nitrogen and oxygen atoms in total. The summed E-state index contributed by atoms with van der Waals surface area (Å²) in [6, 6.07) is 0. The summed E-state index contributed by atoms with van der Waals surface area (Å²) in [6.45, 7) is 7.10. The standard InChI is InChI=1S/C15H21N5/c1-11-6-18-15(19-11)14-4-3-5-20(10-14)9-13-7-16-12(2)17-8-13/h6-8,14H,3-5,9-10H2,1-2H3,(H,18,19)/t14-/m1/s1. The number of likely N-dealkylation sites (tertiary alicyclic amines) is 1. The van der Waals surface area contributed by atoms with Crippen LogP contribution in [0.3, 0.4) is 0 Å². The molecule has 1 N–H and O–H groups in total. The highest BCUT2D eigenvalue weighted by molar-refractivity contribution is 5.08. The van der Waals surface area contributed by atoms with Gasteiger partial charge in [0.25, 0.3) is 0 Å². The molecule has 0 aliphatic carbocycles. The van der Waals surface area contributed by atoms with Gasteiger partial charge in [-0.3, -0.25) is 4.90 Å². The number of aromatic nitrogens is 4. The van der Waals surface area contributed by atoms with E-state index in [0.29, 0.717) is 5.92 Å². The Bertz CT molecular complexity index is 560. The SMILES string of the molecule is Cc1ncc(CN2CCC[C@@H](c3ncc(C)[nH]3)C2)cn1. The lowest BCUT2D eigenvalue weighted by Crippen LogP contribution is -2.34. The molecule has 5 heteroatoms. The van der Waals surface area contributed by atoms with Gasteiger partial charge < -0.3 is 4.98 Å². The Kier molecular flexibility index (Phi) is 3.78. The average molecular weight is 271 g/mol. The van der Waals surface area contributed by atoms with Crippen molar-refractivity contribution >= 4 is 0 Å². The van der Waals surface area contributed by atoms with Gasteiger partial charge in [0, 0.05) is 48.9 Å². The van der Waals surface area contributed by atoms with Gasteiger partial charge in [0.15, 0.2) is 0 Å². The largest absolute Gasteiger partial charge is 0.346 e. The van der Waals surface area contributed by atoms with Gasteiger partial charge in [-0.1, -0.05) is 0 Å². The molecule has 1 atom stereocenters. The first-order chi connectivity index (χ1) is 9.70. The third kappa shape index (κ3) is 3.04. The molecule has 0 unspecified atom stereocenters. The molecule has 0 aromatic carbocycles. The summed E-state index contributed by atoms with van der Waals surface area (Å²) in [5, 5.41) is 0. The van der Waals surface area contributed by atoms with Crippen LogP contribution in [0, 0.1) is 13.8 Å². The Hall–Kier alpha value is -1.75. The monoisotopic (exact) mass is 271 g/mol. The predicted molar refractivity (Wildman–Crippen MR) is 77.3 cm³/mol. The van der Waals surface area contributed by atoms with E-state index in [1.807, 2.05) is 25.5 Å². The van der Waals surface area contributed by atoms with Gasteiger partial charge in [-0.05, 0) is 33.2 Å². The third-order valence-corrected chi connectivity index (χ3v) is 3.86. The fraction of sp³-hybridized carbons (Fsp3) is 0.533. The van der Waals surface area contributed by atoms with E-state index in [4.69, 9.17) is 0 Å². The van der Waals surface area contributed by atoms with Crippen LogP contribution in [0.1, 0.15) is 41.7 Å². The van der Waals surface area contributed by atoms with Crippen molar-refractivity contribution in [3.8, 4) is 0 Å². The molecule has 106 valence electrons. The van der Waals surface area contributed by atoms with Crippen LogP contribution in [0.15, 0.2) is 18.6 Å². The third-order valence-electron chi connectivity index (χ3n) is 3.86. The molecule has 3 heterocycles. The molecule has 1 fully saturated rings. The van der Waals surface area contributed by atoms with E-state index in [1.165, 1.54) is 18.4 Å². The van der Waals surface area contributed by atoms with Crippen LogP contribution in [0.25, 0.3) is 0 Å². The van der Waals surface area contributed by atoms with Crippen molar-refractivity contribution in [1.29, 1.82) is 0 Å². The average Bonchev–Trinajstić information content (AvgIpc) is 2.89. The minimum Gasteiger partial charge on any atom is -0.346 e. The molecule has 3 rings (SSSR count). The molecule has 1 aliphatic rings. The maximum Gasteiger partial charge on any atom is 0.125 e. The van der Waals surface area contributed by atoms with Gasteiger partial charge in [0.1, 0.15) is 11.6 Å². The first-order valence-corrected chi connectivity index (χ1v) is 7.22. The van der Waals surface area contributed by atoms with E-state index in [2.05, 4.69) is 31.8 Å². The van der Waals surface area contributed by atoms with Crippen molar-refractivity contribution < 1.29 is 0 Å². The van der Waals surface area contributed by atoms with Crippen molar-refractivity contribution in [2.45, 2.75) is 39.2 Å². The summed E-state index contributed by atoms with van der Waals surface area (Å²) in [4.78, 5) is 18.9. The summed E-state index contributed by atoms with van der Waals surface area (Å²) < 4.78 is 0. The number of imidazole rings is 1. The first kappa shape index (κ1) is 13.2. The van der Waals surface area contributed by atoms with Crippen LogP contribution in [0.5, 0.6) is 0 Å². The quantitative estimate of drug-likeness (QED) is 0.929. The first-order valence-electron chi connectivity index (χ1n) is 7.22. The lowest BCUT2D eigenvalue weighted by molar-refractivity contribution is 0.196. The Morgan fingerprint density at radius 2 is 2.00 bits per heavy atom. The fourth-order valence-corrected chi connectivity index (χ4v) is 2.82. The Morgan fingerprint density at radius 3 is 2.70 bits per heavy atom. The molecular formula is C15H21N5. The number of H-pyrrole nitrogens is 1. The summed E-state index contributed by atoms with van der Waals surface area (Å²) >= 11 is 0. The number of rotatable bonds is 3. The normalized spacial score (nSPS) is 20.2. The van der Waals surface area contributed by atoms with Crippen molar-refractivity contribution in [3.63, 3.8) is 0 Å². The fourth-order valence-electron chi connectivity index (χ4n) is 2.82. The van der Waals surface area contributed by atoms with Crippen LogP contribution < -0.4 is 0 Å². The zero-order chi connectivity index (χ0) is 13.9. The molecule has 0 saturated carbocycles. The smallest absolute Gasteiger partial charge is 0.125 e. The molecule has 0 bridgehead atoms. The molecule has 2 aromatic rings. The molecule has 1 saturated heterocycles. The van der Waals surface area contributed by atoms with E-state index in [9.17, 15) is 0 Å². The number of hydrogen-bond acceptors (Lipinski definition) is 4. The zero-order valence-corrected chi connectivity index (χ0v) is 12.1. The number of aromatic amines is 1. The van der Waals surface area contributed by atoms with Crippen molar-refractivity contribution in [3.05, 3.63) is 41.5 Å². The van der Waals surface area contributed by atoms with Crippen molar-refractivity contribution in [1.82, 2.24) is 24.8 Å². The number of nitrogens with one attached hydrogen (secondary N) is 1. The molecule has 0 amide bonds. The maximum absolute atomic E-state index is 4.49. The molecular weight excluding hydrogens is 250 g/mol. The van der Waals surface area contributed by atoms with Gasteiger partial charge in [-0.15, -0.1) is 0 Å². The predicted octanol–water partition coefficient (Wildman–Crippen LogP) is 2.20. The van der Waals surface area contributed by atoms with Gasteiger partial charge in [-0.2, -0.15) is 0 Å². The highest BCUT2D eigenvalue weighted by Gasteiger charge is 2.23.